The molecule has 1 amide bonds. The summed E-state index contributed by atoms with van der Waals surface area (Å²) in [5.41, 5.74) is 6.51. The van der Waals surface area contributed by atoms with E-state index < -0.39 is 0 Å². The van der Waals surface area contributed by atoms with Crippen LogP contribution in [0.5, 0.6) is 0 Å². The first-order valence-electron chi connectivity index (χ1n) is 12.4. The molecule has 0 bridgehead atoms. The van der Waals surface area contributed by atoms with Gasteiger partial charge in [0.05, 0.1) is 0 Å². The smallest absolute Gasteiger partial charge is 0.274 e. The van der Waals surface area contributed by atoms with Crippen molar-refractivity contribution in [2.45, 2.75) is 32.2 Å². The lowest BCUT2D eigenvalue weighted by molar-refractivity contribution is -0.110. The van der Waals surface area contributed by atoms with E-state index in [0.29, 0.717) is 12.3 Å². The summed E-state index contributed by atoms with van der Waals surface area (Å²) in [5, 5.41) is 3.07. The predicted molar refractivity (Wildman–Crippen MR) is 141 cm³/mol. The molecule has 2 aliphatic rings. The van der Waals surface area contributed by atoms with Crippen LogP contribution in [0.4, 0.5) is 11.5 Å². The molecule has 180 valence electrons. The maximum Gasteiger partial charge on any atom is 0.274 e. The van der Waals surface area contributed by atoms with Gasteiger partial charge in [0.2, 0.25) is 0 Å². The van der Waals surface area contributed by atoms with E-state index >= 15 is 0 Å². The van der Waals surface area contributed by atoms with Crippen molar-refractivity contribution in [2.75, 3.05) is 43.9 Å². The van der Waals surface area contributed by atoms with Crippen molar-refractivity contribution in [1.29, 1.82) is 0 Å². The fourth-order valence-electron chi connectivity index (χ4n) is 4.84. The minimum Gasteiger partial charge on any atom is -0.357 e. The average molecular weight is 469 g/mol. The van der Waals surface area contributed by atoms with Crippen molar-refractivity contribution in [2.24, 2.45) is 4.99 Å². The molecule has 4 heterocycles. The van der Waals surface area contributed by atoms with Gasteiger partial charge in [0.1, 0.15) is 11.5 Å². The van der Waals surface area contributed by atoms with E-state index in [9.17, 15) is 4.79 Å². The first kappa shape index (κ1) is 23.2. The third-order valence-electron chi connectivity index (χ3n) is 6.54. The number of nitrogens with one attached hydrogen (secondary N) is 1. The van der Waals surface area contributed by atoms with Gasteiger partial charge in [-0.05, 0) is 74.7 Å². The minimum atomic E-state index is -0.182. The Morgan fingerprint density at radius 1 is 1.03 bits per heavy atom. The molecule has 0 radical (unpaired) electrons. The van der Waals surface area contributed by atoms with Crippen molar-refractivity contribution in [3.05, 3.63) is 71.7 Å². The van der Waals surface area contributed by atoms with Gasteiger partial charge in [-0.1, -0.05) is 12.1 Å². The van der Waals surface area contributed by atoms with Crippen molar-refractivity contribution in [1.82, 2.24) is 14.9 Å². The monoisotopic (exact) mass is 468 g/mol. The van der Waals surface area contributed by atoms with Crippen LogP contribution in [0.15, 0.2) is 60.0 Å². The second-order valence-electron chi connectivity index (χ2n) is 9.58. The van der Waals surface area contributed by atoms with E-state index in [1.165, 1.54) is 19.3 Å². The maximum absolute atomic E-state index is 13.3. The maximum atomic E-state index is 13.3. The van der Waals surface area contributed by atoms with Gasteiger partial charge < -0.3 is 15.1 Å². The number of benzene rings is 1. The van der Waals surface area contributed by atoms with Gasteiger partial charge in [-0.2, -0.15) is 0 Å². The summed E-state index contributed by atoms with van der Waals surface area (Å²) in [4.78, 5) is 31.3. The molecule has 7 heteroatoms. The first-order valence-corrected chi connectivity index (χ1v) is 12.4. The zero-order valence-electron chi connectivity index (χ0n) is 20.5. The number of nitrogens with zero attached hydrogens (tertiary/aromatic N) is 5. The van der Waals surface area contributed by atoms with E-state index in [1.807, 2.05) is 38.6 Å². The van der Waals surface area contributed by atoms with Gasteiger partial charge in [-0.25, -0.2) is 4.98 Å². The normalized spacial score (nSPS) is 15.5. The number of carbonyl (C=O) groups is 1. The third-order valence-corrected chi connectivity index (χ3v) is 6.54. The van der Waals surface area contributed by atoms with Crippen LogP contribution in [0.1, 0.15) is 36.0 Å². The van der Waals surface area contributed by atoms with Gasteiger partial charge >= 0.3 is 0 Å². The molecule has 0 aliphatic carbocycles. The molecule has 2 aromatic heterocycles. The molecule has 3 aromatic rings. The van der Waals surface area contributed by atoms with Gasteiger partial charge in [0, 0.05) is 67.7 Å². The molecule has 1 fully saturated rings. The Morgan fingerprint density at radius 3 is 2.71 bits per heavy atom. The van der Waals surface area contributed by atoms with Crippen LogP contribution in [0.3, 0.4) is 0 Å². The number of aliphatic imine (C=N–C) groups is 1. The Labute approximate surface area is 206 Å². The summed E-state index contributed by atoms with van der Waals surface area (Å²) in [6.07, 6.45) is 10.0. The molecule has 5 rings (SSSR count). The SMILES string of the molecule is CN(C)Cc1cncc(-c2ccc3c(c2)C(C(=O)Nc2ccnc(N4CCCCC4)c2)=NCC3)c1. The van der Waals surface area contributed by atoms with E-state index in [-0.39, 0.29) is 5.91 Å². The standard InChI is InChI=1S/C28H32N6O/c1-33(2)19-20-14-23(18-29-17-20)22-7-6-21-8-10-31-27(25(21)15-22)28(35)32-24-9-11-30-26(16-24)34-12-4-3-5-13-34/h6-7,9,11,14-18H,3-5,8,10,12-13,19H2,1-2H3,(H,30,32,35). The fraction of sp³-hybridized carbons (Fsp3) is 0.357. The molecule has 0 saturated carbocycles. The molecule has 0 atom stereocenters. The summed E-state index contributed by atoms with van der Waals surface area (Å²) in [7, 11) is 4.09. The fourth-order valence-corrected chi connectivity index (χ4v) is 4.84. The number of aromatic nitrogens is 2. The summed E-state index contributed by atoms with van der Waals surface area (Å²) in [6.45, 7) is 3.46. The number of hydrogen-bond donors (Lipinski definition) is 1. The third kappa shape index (κ3) is 5.41. The van der Waals surface area contributed by atoms with E-state index in [2.05, 4.69) is 54.3 Å². The van der Waals surface area contributed by atoms with E-state index in [0.717, 1.165) is 65.4 Å². The van der Waals surface area contributed by atoms with Crippen LogP contribution in [-0.2, 0) is 17.8 Å². The van der Waals surface area contributed by atoms with Gasteiger partial charge in [-0.3, -0.25) is 14.8 Å². The van der Waals surface area contributed by atoms with Crippen molar-refractivity contribution < 1.29 is 4.79 Å². The largest absolute Gasteiger partial charge is 0.357 e. The summed E-state index contributed by atoms with van der Waals surface area (Å²) < 4.78 is 0. The van der Waals surface area contributed by atoms with Crippen molar-refractivity contribution in [3.63, 3.8) is 0 Å². The Kier molecular flexibility index (Phi) is 6.86. The molecule has 1 saturated heterocycles. The van der Waals surface area contributed by atoms with Crippen LogP contribution in [-0.4, -0.2) is 60.2 Å². The molecule has 0 spiro atoms. The summed E-state index contributed by atoms with van der Waals surface area (Å²) in [5.74, 6) is 0.735. The highest BCUT2D eigenvalue weighted by molar-refractivity contribution is 6.49. The van der Waals surface area contributed by atoms with Gasteiger partial charge in [0.15, 0.2) is 0 Å². The Hall–Kier alpha value is -3.58. The highest BCUT2D eigenvalue weighted by Crippen LogP contribution is 2.27. The number of rotatable bonds is 6. The molecular weight excluding hydrogens is 436 g/mol. The van der Waals surface area contributed by atoms with Crippen LogP contribution in [0, 0.1) is 0 Å². The Morgan fingerprint density at radius 2 is 1.89 bits per heavy atom. The number of hydrogen-bond acceptors (Lipinski definition) is 6. The quantitative estimate of drug-likeness (QED) is 0.588. The lowest BCUT2D eigenvalue weighted by atomic mass is 9.93. The second kappa shape index (κ2) is 10.4. The average Bonchev–Trinajstić information content (AvgIpc) is 2.88. The summed E-state index contributed by atoms with van der Waals surface area (Å²) >= 11 is 0. The molecular formula is C28H32N6O. The minimum absolute atomic E-state index is 0.182. The number of piperidine rings is 1. The second-order valence-corrected chi connectivity index (χ2v) is 9.58. The molecule has 7 nitrogen and oxygen atoms in total. The highest BCUT2D eigenvalue weighted by Gasteiger charge is 2.22. The number of amides is 1. The van der Waals surface area contributed by atoms with Crippen molar-refractivity contribution >= 4 is 23.1 Å². The van der Waals surface area contributed by atoms with Gasteiger partial charge in [-0.15, -0.1) is 0 Å². The number of pyridine rings is 2. The topological polar surface area (TPSA) is 73.7 Å². The van der Waals surface area contributed by atoms with Crippen LogP contribution >= 0.6 is 0 Å². The number of anilines is 2. The van der Waals surface area contributed by atoms with Gasteiger partial charge in [0.25, 0.3) is 5.91 Å². The zero-order chi connectivity index (χ0) is 24.2. The Balaban J connectivity index is 1.38. The van der Waals surface area contributed by atoms with E-state index in [4.69, 9.17) is 0 Å². The molecule has 1 aromatic carbocycles. The molecule has 0 unspecified atom stereocenters. The zero-order valence-corrected chi connectivity index (χ0v) is 20.5. The summed E-state index contributed by atoms with van der Waals surface area (Å²) in [6, 6.07) is 12.3. The van der Waals surface area contributed by atoms with Crippen molar-refractivity contribution in [3.8, 4) is 11.1 Å². The van der Waals surface area contributed by atoms with Crippen LogP contribution < -0.4 is 10.2 Å². The lowest BCUT2D eigenvalue weighted by Gasteiger charge is -2.28. The molecule has 1 N–H and O–H groups in total. The first-order chi connectivity index (χ1) is 17.1. The highest BCUT2D eigenvalue weighted by atomic mass is 16.1. The lowest BCUT2D eigenvalue weighted by Crippen LogP contribution is -2.30. The van der Waals surface area contributed by atoms with Crippen LogP contribution in [0.2, 0.25) is 0 Å². The predicted octanol–water partition coefficient (Wildman–Crippen LogP) is 4.18. The van der Waals surface area contributed by atoms with E-state index in [1.54, 1.807) is 6.20 Å². The van der Waals surface area contributed by atoms with Crippen LogP contribution in [0.25, 0.3) is 11.1 Å². The Bertz CT molecular complexity index is 1250. The number of fused-ring (bicyclic) bond motifs is 1. The molecule has 2 aliphatic heterocycles. The number of carbonyl (C=O) groups excluding carboxylic acids is 1. The molecule has 35 heavy (non-hydrogen) atoms.